The van der Waals surface area contributed by atoms with Crippen LogP contribution in [0.25, 0.3) is 0 Å². The van der Waals surface area contributed by atoms with E-state index in [2.05, 4.69) is 4.28 Å². The van der Waals surface area contributed by atoms with E-state index in [1.807, 2.05) is 0 Å². The average Bonchev–Trinajstić information content (AvgIpc) is 2.12. The Balaban J connectivity index is 2.57. The number of amides is 1. The van der Waals surface area contributed by atoms with Gasteiger partial charge in [-0.25, -0.2) is 5.06 Å². The molecule has 0 unspecified atom stereocenters. The second kappa shape index (κ2) is 2.76. The largest absolute Gasteiger partial charge is 0.418 e. The third kappa shape index (κ3) is 2.45. The number of hydroxylamine groups is 2. The van der Waals surface area contributed by atoms with Crippen molar-refractivity contribution in [2.75, 3.05) is 6.54 Å². The van der Waals surface area contributed by atoms with E-state index >= 15 is 0 Å². The van der Waals surface area contributed by atoms with Crippen molar-refractivity contribution in [3.05, 3.63) is 0 Å². The molecule has 1 aliphatic heterocycles. The first kappa shape index (κ1) is 8.44. The minimum absolute atomic E-state index is 0.207. The highest BCUT2D eigenvalue weighted by Gasteiger charge is 2.25. The molecule has 1 heterocycles. The molecule has 0 aromatic carbocycles. The number of nitrogens with zero attached hydrogens (tertiary/aromatic N) is 1. The van der Waals surface area contributed by atoms with E-state index in [-0.39, 0.29) is 13.0 Å². The van der Waals surface area contributed by atoms with E-state index in [4.69, 9.17) is 4.55 Å². The zero-order valence-corrected chi connectivity index (χ0v) is 6.37. The van der Waals surface area contributed by atoms with E-state index in [0.717, 1.165) is 0 Å². The molecule has 0 aromatic heterocycles. The van der Waals surface area contributed by atoms with Crippen LogP contribution >= 0.6 is 0 Å². The highest BCUT2D eigenvalue weighted by atomic mass is 32.3. The highest BCUT2D eigenvalue weighted by Crippen LogP contribution is 2.11. The Kier molecular flexibility index (Phi) is 2.12. The van der Waals surface area contributed by atoms with Crippen LogP contribution in [0.4, 0.5) is 0 Å². The Morgan fingerprint density at radius 3 is 2.55 bits per heavy atom. The summed E-state index contributed by atoms with van der Waals surface area (Å²) in [5.74, 6) is -0.428. The molecule has 0 aromatic rings. The van der Waals surface area contributed by atoms with Gasteiger partial charge in [0.25, 0.3) is 0 Å². The number of hydrogen-bond acceptors (Lipinski definition) is 4. The lowest BCUT2D eigenvalue weighted by atomic mass is 10.4. The third-order valence-electron chi connectivity index (χ3n) is 1.21. The predicted octanol–water partition coefficient (Wildman–Crippen LogP) is -0.657. The molecule has 0 spiro atoms. The fraction of sp³-hybridized carbons (Fsp3) is 0.750. The quantitative estimate of drug-likeness (QED) is 0.572. The molecule has 1 aliphatic rings. The van der Waals surface area contributed by atoms with E-state index in [0.29, 0.717) is 11.5 Å². The number of hydrogen-bond donors (Lipinski definition) is 1. The second-order valence-corrected chi connectivity index (χ2v) is 3.11. The Morgan fingerprint density at radius 1 is 1.55 bits per heavy atom. The van der Waals surface area contributed by atoms with Gasteiger partial charge < -0.3 is 0 Å². The lowest BCUT2D eigenvalue weighted by Gasteiger charge is -2.10. The molecule has 1 rings (SSSR count). The summed E-state index contributed by atoms with van der Waals surface area (Å²) in [6.07, 6.45) is 0.809. The number of carbonyl (C=O) groups is 1. The van der Waals surface area contributed by atoms with Crippen molar-refractivity contribution in [1.29, 1.82) is 0 Å². The van der Waals surface area contributed by atoms with Gasteiger partial charge in [0.2, 0.25) is 5.91 Å². The minimum Gasteiger partial charge on any atom is -0.273 e. The molecular weight excluding hydrogens is 174 g/mol. The molecule has 0 saturated carbocycles. The Morgan fingerprint density at radius 2 is 2.18 bits per heavy atom. The van der Waals surface area contributed by atoms with Gasteiger partial charge in [0.05, 0.1) is 6.54 Å². The summed E-state index contributed by atoms with van der Waals surface area (Å²) in [4.78, 5) is 10.7. The van der Waals surface area contributed by atoms with Gasteiger partial charge in [-0.05, 0) is 6.42 Å². The van der Waals surface area contributed by atoms with Gasteiger partial charge in [-0.15, -0.1) is 4.28 Å². The summed E-state index contributed by atoms with van der Waals surface area (Å²) in [6, 6.07) is 0. The molecule has 0 radical (unpaired) electrons. The zero-order chi connectivity index (χ0) is 8.48. The maximum absolute atomic E-state index is 10.7. The first-order valence-corrected chi connectivity index (χ1v) is 4.33. The minimum atomic E-state index is -4.54. The molecule has 7 heteroatoms. The Bertz CT molecular complexity index is 258. The second-order valence-electron chi connectivity index (χ2n) is 2.10. The predicted molar refractivity (Wildman–Crippen MR) is 33.6 cm³/mol. The lowest BCUT2D eigenvalue weighted by molar-refractivity contribution is -0.150. The molecule has 1 fully saturated rings. The van der Waals surface area contributed by atoms with Crippen LogP contribution in [0, 0.1) is 0 Å². The molecule has 11 heavy (non-hydrogen) atoms. The summed E-state index contributed by atoms with van der Waals surface area (Å²) >= 11 is 0. The molecule has 1 amide bonds. The summed E-state index contributed by atoms with van der Waals surface area (Å²) in [7, 11) is -4.54. The van der Waals surface area contributed by atoms with Crippen molar-refractivity contribution in [3.63, 3.8) is 0 Å². The molecule has 6 nitrogen and oxygen atoms in total. The first-order chi connectivity index (χ1) is 4.99. The summed E-state index contributed by atoms with van der Waals surface area (Å²) in [6.45, 7) is 0.207. The van der Waals surface area contributed by atoms with Crippen molar-refractivity contribution in [2.45, 2.75) is 12.8 Å². The van der Waals surface area contributed by atoms with E-state index in [1.54, 1.807) is 0 Å². The van der Waals surface area contributed by atoms with Gasteiger partial charge in [-0.1, -0.05) is 0 Å². The van der Waals surface area contributed by atoms with Crippen LogP contribution in [-0.2, 0) is 19.5 Å². The van der Waals surface area contributed by atoms with Gasteiger partial charge in [0.15, 0.2) is 0 Å². The van der Waals surface area contributed by atoms with Gasteiger partial charge in [-0.3, -0.25) is 9.35 Å². The van der Waals surface area contributed by atoms with E-state index in [1.165, 1.54) is 0 Å². The maximum atomic E-state index is 10.7. The summed E-state index contributed by atoms with van der Waals surface area (Å²) in [5.41, 5.74) is 0. The van der Waals surface area contributed by atoms with Crippen LogP contribution in [0.15, 0.2) is 0 Å². The highest BCUT2D eigenvalue weighted by molar-refractivity contribution is 7.80. The van der Waals surface area contributed by atoms with E-state index < -0.39 is 16.3 Å². The smallest absolute Gasteiger partial charge is 0.273 e. The van der Waals surface area contributed by atoms with Crippen molar-refractivity contribution in [2.24, 2.45) is 0 Å². The summed E-state index contributed by atoms with van der Waals surface area (Å²) < 4.78 is 32.2. The molecule has 0 bridgehead atoms. The SMILES string of the molecule is O=C1CCCN1OS(=O)(=O)O. The monoisotopic (exact) mass is 181 g/mol. The van der Waals surface area contributed by atoms with Crippen LogP contribution in [-0.4, -0.2) is 30.5 Å². The van der Waals surface area contributed by atoms with Gasteiger partial charge >= 0.3 is 10.4 Å². The van der Waals surface area contributed by atoms with Crippen LogP contribution in [0.3, 0.4) is 0 Å². The van der Waals surface area contributed by atoms with Gasteiger partial charge in [-0.2, -0.15) is 8.42 Å². The zero-order valence-electron chi connectivity index (χ0n) is 5.56. The Labute approximate surface area is 63.7 Å². The summed E-state index contributed by atoms with van der Waals surface area (Å²) in [5, 5.41) is 0.634. The van der Waals surface area contributed by atoms with Gasteiger partial charge in [0.1, 0.15) is 0 Å². The standard InChI is InChI=1S/C4H7NO5S/c6-4-2-1-3-5(4)10-11(7,8)9/h1-3H2,(H,7,8,9). The maximum Gasteiger partial charge on any atom is 0.418 e. The Hall–Kier alpha value is -0.660. The lowest BCUT2D eigenvalue weighted by Crippen LogP contribution is -2.27. The van der Waals surface area contributed by atoms with Gasteiger partial charge in [0, 0.05) is 6.42 Å². The van der Waals surface area contributed by atoms with Crippen molar-refractivity contribution in [1.82, 2.24) is 5.06 Å². The van der Waals surface area contributed by atoms with Crippen molar-refractivity contribution >= 4 is 16.3 Å². The van der Waals surface area contributed by atoms with Crippen LogP contribution in [0.5, 0.6) is 0 Å². The normalized spacial score (nSPS) is 19.4. The average molecular weight is 181 g/mol. The fourth-order valence-electron chi connectivity index (χ4n) is 0.816. The molecule has 1 saturated heterocycles. The third-order valence-corrected chi connectivity index (χ3v) is 1.58. The molecule has 1 N–H and O–H groups in total. The van der Waals surface area contributed by atoms with Crippen LogP contribution < -0.4 is 0 Å². The molecule has 0 aliphatic carbocycles. The first-order valence-electron chi connectivity index (χ1n) is 2.96. The van der Waals surface area contributed by atoms with Crippen molar-refractivity contribution in [3.8, 4) is 0 Å². The van der Waals surface area contributed by atoms with Crippen LogP contribution in [0.1, 0.15) is 12.8 Å². The topological polar surface area (TPSA) is 83.9 Å². The number of carbonyl (C=O) groups excluding carboxylic acids is 1. The fourth-order valence-corrected chi connectivity index (χ4v) is 1.20. The van der Waals surface area contributed by atoms with Crippen molar-refractivity contribution < 1.29 is 22.0 Å². The molecule has 0 atom stereocenters. The molecular formula is C4H7NO5S. The number of rotatable bonds is 2. The van der Waals surface area contributed by atoms with E-state index in [9.17, 15) is 13.2 Å². The molecule has 64 valence electrons. The van der Waals surface area contributed by atoms with Crippen LogP contribution in [0.2, 0.25) is 0 Å².